The topological polar surface area (TPSA) is 0 Å². The van der Waals surface area contributed by atoms with Crippen LogP contribution in [-0.4, -0.2) is 11.5 Å². The lowest BCUT2D eigenvalue weighted by atomic mass is 9.96. The summed E-state index contributed by atoms with van der Waals surface area (Å²) in [6.45, 7) is 4.66. The summed E-state index contributed by atoms with van der Waals surface area (Å²) in [6, 6.07) is 0. The summed E-state index contributed by atoms with van der Waals surface area (Å²) in [5.74, 6) is 4.77. The van der Waals surface area contributed by atoms with Gasteiger partial charge in [-0.3, -0.25) is 0 Å². The molecule has 1 heteroatoms. The van der Waals surface area contributed by atoms with Crippen molar-refractivity contribution in [2.24, 2.45) is 11.8 Å². The molecular weight excluding hydrogens is 116 g/mol. The van der Waals surface area contributed by atoms with Crippen LogP contribution in [0.25, 0.3) is 0 Å². The second kappa shape index (κ2) is 2.77. The minimum atomic E-state index is 0.921. The van der Waals surface area contributed by atoms with Crippen molar-refractivity contribution in [3.63, 3.8) is 0 Å². The van der Waals surface area contributed by atoms with E-state index in [4.69, 9.17) is 0 Å². The van der Waals surface area contributed by atoms with E-state index >= 15 is 0 Å². The van der Waals surface area contributed by atoms with Crippen molar-refractivity contribution in [1.29, 1.82) is 0 Å². The first-order valence-corrected chi connectivity index (χ1v) is 4.54. The SMILES string of the molecule is CC(C)[C@@H]1CCSC1. The highest BCUT2D eigenvalue weighted by molar-refractivity contribution is 7.99. The van der Waals surface area contributed by atoms with Gasteiger partial charge >= 0.3 is 0 Å². The van der Waals surface area contributed by atoms with Crippen LogP contribution in [0.15, 0.2) is 0 Å². The zero-order valence-corrected chi connectivity index (χ0v) is 6.50. The molecule has 1 rings (SSSR count). The molecule has 1 fully saturated rings. The van der Waals surface area contributed by atoms with Gasteiger partial charge in [0.25, 0.3) is 0 Å². The molecule has 1 aliphatic heterocycles. The molecule has 8 heavy (non-hydrogen) atoms. The zero-order chi connectivity index (χ0) is 5.98. The van der Waals surface area contributed by atoms with Crippen LogP contribution in [0.4, 0.5) is 0 Å². The Morgan fingerprint density at radius 3 is 2.50 bits per heavy atom. The van der Waals surface area contributed by atoms with Crippen molar-refractivity contribution >= 4 is 11.8 Å². The molecule has 1 atom stereocenters. The highest BCUT2D eigenvalue weighted by Crippen LogP contribution is 2.28. The Morgan fingerprint density at radius 1 is 1.50 bits per heavy atom. The Hall–Kier alpha value is 0.350. The average molecular weight is 130 g/mol. The molecule has 48 valence electrons. The molecule has 0 aromatic rings. The molecule has 0 saturated carbocycles. The van der Waals surface area contributed by atoms with Gasteiger partial charge in [0.15, 0.2) is 0 Å². The van der Waals surface area contributed by atoms with Crippen LogP contribution in [0.3, 0.4) is 0 Å². The van der Waals surface area contributed by atoms with Crippen LogP contribution in [0.1, 0.15) is 20.3 Å². The summed E-state index contributed by atoms with van der Waals surface area (Å²) >= 11 is 2.11. The van der Waals surface area contributed by atoms with E-state index in [0.717, 1.165) is 11.8 Å². The van der Waals surface area contributed by atoms with Crippen molar-refractivity contribution in [1.82, 2.24) is 0 Å². The summed E-state index contributed by atoms with van der Waals surface area (Å²) in [6.07, 6.45) is 1.46. The van der Waals surface area contributed by atoms with E-state index in [1.165, 1.54) is 17.9 Å². The molecule has 0 nitrogen and oxygen atoms in total. The van der Waals surface area contributed by atoms with E-state index in [-0.39, 0.29) is 0 Å². The summed E-state index contributed by atoms with van der Waals surface area (Å²) < 4.78 is 0. The third kappa shape index (κ3) is 1.41. The Bertz CT molecular complexity index is 62.8. The lowest BCUT2D eigenvalue weighted by Gasteiger charge is -2.10. The molecule has 0 unspecified atom stereocenters. The minimum Gasteiger partial charge on any atom is -0.162 e. The molecule has 0 aliphatic carbocycles. The molecule has 0 radical (unpaired) electrons. The van der Waals surface area contributed by atoms with Gasteiger partial charge in [0, 0.05) is 0 Å². The number of thioether (sulfide) groups is 1. The monoisotopic (exact) mass is 130 g/mol. The molecular formula is C7H14S. The van der Waals surface area contributed by atoms with Crippen LogP contribution in [0.5, 0.6) is 0 Å². The lowest BCUT2D eigenvalue weighted by molar-refractivity contribution is 0.430. The summed E-state index contributed by atoms with van der Waals surface area (Å²) in [5.41, 5.74) is 0. The van der Waals surface area contributed by atoms with Gasteiger partial charge in [0.05, 0.1) is 0 Å². The molecule has 0 aromatic heterocycles. The number of hydrogen-bond acceptors (Lipinski definition) is 1. The van der Waals surface area contributed by atoms with Gasteiger partial charge in [-0.15, -0.1) is 0 Å². The average Bonchev–Trinajstić information content (AvgIpc) is 2.12. The molecule has 0 spiro atoms. The van der Waals surface area contributed by atoms with E-state index in [0.29, 0.717) is 0 Å². The Balaban J connectivity index is 2.24. The maximum atomic E-state index is 2.33. The van der Waals surface area contributed by atoms with E-state index in [1.54, 1.807) is 0 Å². The quantitative estimate of drug-likeness (QED) is 0.525. The minimum absolute atomic E-state index is 0.921. The van der Waals surface area contributed by atoms with E-state index < -0.39 is 0 Å². The molecule has 0 N–H and O–H groups in total. The first kappa shape index (κ1) is 6.47. The molecule has 1 heterocycles. The van der Waals surface area contributed by atoms with Crippen molar-refractivity contribution in [2.75, 3.05) is 11.5 Å². The predicted octanol–water partition coefficient (Wildman–Crippen LogP) is 2.40. The number of rotatable bonds is 1. The van der Waals surface area contributed by atoms with Crippen LogP contribution < -0.4 is 0 Å². The molecule has 0 aromatic carbocycles. The fourth-order valence-corrected chi connectivity index (χ4v) is 2.57. The third-order valence-electron chi connectivity index (χ3n) is 1.91. The highest BCUT2D eigenvalue weighted by Gasteiger charge is 2.17. The van der Waals surface area contributed by atoms with E-state index in [2.05, 4.69) is 25.6 Å². The largest absolute Gasteiger partial charge is 0.162 e. The van der Waals surface area contributed by atoms with Crippen molar-refractivity contribution in [2.45, 2.75) is 20.3 Å². The molecule has 0 bridgehead atoms. The first-order chi connectivity index (χ1) is 3.80. The van der Waals surface area contributed by atoms with Crippen molar-refractivity contribution < 1.29 is 0 Å². The van der Waals surface area contributed by atoms with Gasteiger partial charge in [0.1, 0.15) is 0 Å². The van der Waals surface area contributed by atoms with Gasteiger partial charge in [-0.25, -0.2) is 0 Å². The third-order valence-corrected chi connectivity index (χ3v) is 3.10. The maximum Gasteiger partial charge on any atom is -0.00364 e. The van der Waals surface area contributed by atoms with Crippen LogP contribution in [-0.2, 0) is 0 Å². The Morgan fingerprint density at radius 2 is 2.25 bits per heavy atom. The molecule has 0 amide bonds. The van der Waals surface area contributed by atoms with Crippen molar-refractivity contribution in [3.8, 4) is 0 Å². The molecule has 1 aliphatic rings. The molecule has 1 saturated heterocycles. The predicted molar refractivity (Wildman–Crippen MR) is 40.3 cm³/mol. The smallest absolute Gasteiger partial charge is 0.00364 e. The second-order valence-electron chi connectivity index (χ2n) is 2.87. The first-order valence-electron chi connectivity index (χ1n) is 3.38. The van der Waals surface area contributed by atoms with E-state index in [9.17, 15) is 0 Å². The van der Waals surface area contributed by atoms with Crippen LogP contribution in [0.2, 0.25) is 0 Å². The highest BCUT2D eigenvalue weighted by atomic mass is 32.2. The summed E-state index contributed by atoms with van der Waals surface area (Å²) in [4.78, 5) is 0. The van der Waals surface area contributed by atoms with Gasteiger partial charge in [-0.05, 0) is 29.8 Å². The number of hydrogen-bond donors (Lipinski definition) is 0. The standard InChI is InChI=1S/C7H14S/c1-6(2)7-3-4-8-5-7/h6-7H,3-5H2,1-2H3/t7-/m1/s1. The van der Waals surface area contributed by atoms with Gasteiger partial charge in [-0.2, -0.15) is 11.8 Å². The second-order valence-corrected chi connectivity index (χ2v) is 4.02. The summed E-state index contributed by atoms with van der Waals surface area (Å²) in [5, 5.41) is 0. The Labute approximate surface area is 56.0 Å². The zero-order valence-electron chi connectivity index (χ0n) is 5.68. The van der Waals surface area contributed by atoms with Gasteiger partial charge in [-0.1, -0.05) is 13.8 Å². The van der Waals surface area contributed by atoms with Crippen LogP contribution in [0, 0.1) is 11.8 Å². The van der Waals surface area contributed by atoms with Crippen molar-refractivity contribution in [3.05, 3.63) is 0 Å². The maximum absolute atomic E-state index is 2.33. The fraction of sp³-hybridized carbons (Fsp3) is 1.00. The summed E-state index contributed by atoms with van der Waals surface area (Å²) in [7, 11) is 0. The lowest BCUT2D eigenvalue weighted by Crippen LogP contribution is -2.05. The normalized spacial score (nSPS) is 29.6. The Kier molecular flexibility index (Phi) is 2.24. The van der Waals surface area contributed by atoms with Gasteiger partial charge in [0.2, 0.25) is 0 Å². The van der Waals surface area contributed by atoms with E-state index in [1.807, 2.05) is 0 Å². The van der Waals surface area contributed by atoms with Gasteiger partial charge < -0.3 is 0 Å². The fourth-order valence-electron chi connectivity index (χ4n) is 1.08. The van der Waals surface area contributed by atoms with Crippen LogP contribution >= 0.6 is 11.8 Å².